The first kappa shape index (κ1) is 15.7. The minimum absolute atomic E-state index is 0.132. The molecule has 3 atom stereocenters. The zero-order valence-corrected chi connectivity index (χ0v) is 13.4. The number of para-hydroxylation sites is 1. The lowest BCUT2D eigenvalue weighted by atomic mass is 9.92. The van der Waals surface area contributed by atoms with E-state index in [9.17, 15) is 9.90 Å². The minimum atomic E-state index is -0.831. The van der Waals surface area contributed by atoms with Gasteiger partial charge in [0.1, 0.15) is 5.41 Å². The Kier molecular flexibility index (Phi) is 4.22. The first-order valence-corrected chi connectivity index (χ1v) is 8.15. The van der Waals surface area contributed by atoms with Gasteiger partial charge in [0.2, 0.25) is 0 Å². The van der Waals surface area contributed by atoms with Crippen molar-refractivity contribution in [3.05, 3.63) is 48.5 Å². The monoisotopic (exact) mass is 313 g/mol. The second kappa shape index (κ2) is 6.16. The number of rotatable bonds is 7. The van der Waals surface area contributed by atoms with Crippen molar-refractivity contribution in [2.45, 2.75) is 31.6 Å². The Morgan fingerprint density at radius 3 is 2.83 bits per heavy atom. The Labute approximate surface area is 136 Å². The summed E-state index contributed by atoms with van der Waals surface area (Å²) < 4.78 is 1.88. The molecule has 1 aromatic carbocycles. The van der Waals surface area contributed by atoms with E-state index in [4.69, 9.17) is 5.73 Å². The van der Waals surface area contributed by atoms with Crippen LogP contribution >= 0.6 is 0 Å². The lowest BCUT2D eigenvalue weighted by molar-refractivity contribution is -0.140. The molecule has 1 aliphatic rings. The molecule has 0 amide bonds. The molecule has 0 aliphatic heterocycles. The lowest BCUT2D eigenvalue weighted by Gasteiger charge is -2.14. The average Bonchev–Trinajstić information content (AvgIpc) is 3.09. The maximum absolute atomic E-state index is 11.9. The summed E-state index contributed by atoms with van der Waals surface area (Å²) in [6.45, 7) is 2.72. The van der Waals surface area contributed by atoms with E-state index < -0.39 is 11.4 Å². The molecule has 2 aromatic rings. The highest BCUT2D eigenvalue weighted by atomic mass is 16.4. The van der Waals surface area contributed by atoms with Crippen LogP contribution in [0.1, 0.15) is 31.9 Å². The minimum Gasteiger partial charge on any atom is -0.481 e. The van der Waals surface area contributed by atoms with Crippen LogP contribution in [0.5, 0.6) is 0 Å². The summed E-state index contributed by atoms with van der Waals surface area (Å²) in [7, 11) is 0. The molecule has 3 N–H and O–H groups in total. The zero-order valence-electron chi connectivity index (χ0n) is 13.4. The van der Waals surface area contributed by atoms with E-state index in [2.05, 4.69) is 11.9 Å². The van der Waals surface area contributed by atoms with Crippen molar-refractivity contribution in [2.75, 3.05) is 6.54 Å². The van der Waals surface area contributed by atoms with Crippen LogP contribution in [0.3, 0.4) is 0 Å². The number of benzene rings is 1. The van der Waals surface area contributed by atoms with Crippen molar-refractivity contribution in [2.24, 2.45) is 17.6 Å². The van der Waals surface area contributed by atoms with Crippen LogP contribution in [0.4, 0.5) is 0 Å². The Hall–Kier alpha value is -2.14. The van der Waals surface area contributed by atoms with Crippen molar-refractivity contribution in [1.29, 1.82) is 0 Å². The SMILES string of the molecule is CCC(CN)C[C@H]1CC1(C(=O)O)c1cn(-c2ccccc2)cn1. The van der Waals surface area contributed by atoms with Gasteiger partial charge in [0.15, 0.2) is 0 Å². The summed E-state index contributed by atoms with van der Waals surface area (Å²) in [5.41, 5.74) is 6.59. The fourth-order valence-corrected chi connectivity index (χ4v) is 3.43. The van der Waals surface area contributed by atoms with Crippen LogP contribution in [0.2, 0.25) is 0 Å². The third-order valence-electron chi connectivity index (χ3n) is 5.11. The number of hydrogen-bond donors (Lipinski definition) is 2. The van der Waals surface area contributed by atoms with Crippen LogP contribution in [0.15, 0.2) is 42.9 Å². The largest absolute Gasteiger partial charge is 0.481 e. The molecule has 1 saturated carbocycles. The summed E-state index contributed by atoms with van der Waals surface area (Å²) in [6.07, 6.45) is 6.06. The van der Waals surface area contributed by atoms with Gasteiger partial charge in [-0.05, 0) is 43.4 Å². The second-order valence-corrected chi connectivity index (χ2v) is 6.42. The van der Waals surface area contributed by atoms with E-state index in [-0.39, 0.29) is 5.92 Å². The molecule has 1 heterocycles. The highest BCUT2D eigenvalue weighted by Crippen LogP contribution is 2.57. The summed E-state index contributed by atoms with van der Waals surface area (Å²) in [5.74, 6) is -0.252. The topological polar surface area (TPSA) is 81.1 Å². The number of nitrogens with zero attached hydrogens (tertiary/aromatic N) is 2. The number of nitrogens with two attached hydrogens (primary N) is 1. The summed E-state index contributed by atoms with van der Waals surface area (Å²) in [4.78, 5) is 16.3. The molecule has 1 aliphatic carbocycles. The van der Waals surface area contributed by atoms with Crippen molar-refractivity contribution < 1.29 is 9.90 Å². The van der Waals surface area contributed by atoms with Crippen molar-refractivity contribution in [1.82, 2.24) is 9.55 Å². The maximum atomic E-state index is 11.9. The van der Waals surface area contributed by atoms with Crippen LogP contribution in [0, 0.1) is 11.8 Å². The standard InChI is InChI=1S/C18H23N3O2/c1-2-13(10-19)8-14-9-18(14,17(22)23)16-11-21(12-20-16)15-6-4-3-5-7-15/h3-7,11-14H,2,8-10,19H2,1H3,(H,22,23)/t13?,14-,18?/m0/s1. The number of carbonyl (C=O) groups is 1. The fourth-order valence-electron chi connectivity index (χ4n) is 3.43. The second-order valence-electron chi connectivity index (χ2n) is 6.42. The highest BCUT2D eigenvalue weighted by Gasteiger charge is 2.63. The number of aromatic nitrogens is 2. The van der Waals surface area contributed by atoms with Crippen molar-refractivity contribution in [3.63, 3.8) is 0 Å². The normalized spacial score (nSPS) is 24.3. The van der Waals surface area contributed by atoms with E-state index >= 15 is 0 Å². The molecule has 122 valence electrons. The van der Waals surface area contributed by atoms with Gasteiger partial charge in [-0.3, -0.25) is 4.79 Å². The maximum Gasteiger partial charge on any atom is 0.316 e. The van der Waals surface area contributed by atoms with Gasteiger partial charge in [-0.25, -0.2) is 4.98 Å². The predicted octanol–water partition coefficient (Wildman–Crippen LogP) is 2.59. The molecule has 0 radical (unpaired) electrons. The molecule has 0 bridgehead atoms. The molecular weight excluding hydrogens is 290 g/mol. The first-order chi connectivity index (χ1) is 11.1. The molecule has 5 heteroatoms. The van der Waals surface area contributed by atoms with Gasteiger partial charge in [0, 0.05) is 11.9 Å². The van der Waals surface area contributed by atoms with Crippen LogP contribution in [-0.2, 0) is 10.2 Å². The quantitative estimate of drug-likeness (QED) is 0.823. The third-order valence-corrected chi connectivity index (χ3v) is 5.11. The summed E-state index contributed by atoms with van der Waals surface area (Å²) in [6, 6.07) is 9.81. The average molecular weight is 313 g/mol. The fraction of sp³-hybridized carbons (Fsp3) is 0.444. The van der Waals surface area contributed by atoms with Crippen molar-refractivity contribution in [3.8, 4) is 5.69 Å². The molecule has 1 fully saturated rings. The molecule has 3 rings (SSSR count). The number of aliphatic carboxylic acids is 1. The number of carboxylic acid groups (broad SMARTS) is 1. The third kappa shape index (κ3) is 2.77. The van der Waals surface area contributed by atoms with Gasteiger partial charge in [-0.2, -0.15) is 0 Å². The Balaban J connectivity index is 1.84. The Morgan fingerprint density at radius 2 is 2.22 bits per heavy atom. The first-order valence-electron chi connectivity index (χ1n) is 8.15. The molecule has 2 unspecified atom stereocenters. The molecule has 1 aromatic heterocycles. The van der Waals surface area contributed by atoms with Crippen LogP contribution < -0.4 is 5.73 Å². The van der Waals surface area contributed by atoms with Gasteiger partial charge < -0.3 is 15.4 Å². The highest BCUT2D eigenvalue weighted by molar-refractivity contribution is 5.85. The van der Waals surface area contributed by atoms with E-state index in [0.717, 1.165) is 18.5 Å². The van der Waals surface area contributed by atoms with Gasteiger partial charge in [-0.15, -0.1) is 0 Å². The predicted molar refractivity (Wildman–Crippen MR) is 88.4 cm³/mol. The van der Waals surface area contributed by atoms with Crippen molar-refractivity contribution >= 4 is 5.97 Å². The zero-order chi connectivity index (χ0) is 16.4. The van der Waals surface area contributed by atoms with E-state index in [1.165, 1.54) is 0 Å². The van der Waals surface area contributed by atoms with E-state index in [1.807, 2.05) is 41.1 Å². The molecule has 0 spiro atoms. The molecule has 5 nitrogen and oxygen atoms in total. The lowest BCUT2D eigenvalue weighted by Crippen LogP contribution is -2.25. The Bertz CT molecular complexity index is 679. The number of hydrogen-bond acceptors (Lipinski definition) is 3. The van der Waals surface area contributed by atoms with E-state index in [1.54, 1.807) is 6.33 Å². The summed E-state index contributed by atoms with van der Waals surface area (Å²) >= 11 is 0. The van der Waals surface area contributed by atoms with Crippen LogP contribution in [-0.4, -0.2) is 27.2 Å². The summed E-state index contributed by atoms with van der Waals surface area (Å²) in [5, 5.41) is 9.79. The smallest absolute Gasteiger partial charge is 0.316 e. The van der Waals surface area contributed by atoms with Crippen LogP contribution in [0.25, 0.3) is 5.69 Å². The number of carboxylic acids is 1. The van der Waals surface area contributed by atoms with Gasteiger partial charge in [0.05, 0.1) is 12.0 Å². The molecular formula is C18H23N3O2. The Morgan fingerprint density at radius 1 is 1.48 bits per heavy atom. The number of imidazole rings is 1. The molecule has 23 heavy (non-hydrogen) atoms. The van der Waals surface area contributed by atoms with Gasteiger partial charge >= 0.3 is 5.97 Å². The van der Waals surface area contributed by atoms with E-state index in [0.29, 0.717) is 24.6 Å². The molecule has 0 saturated heterocycles. The van der Waals surface area contributed by atoms with Gasteiger partial charge in [0.25, 0.3) is 0 Å². The van der Waals surface area contributed by atoms with Gasteiger partial charge in [-0.1, -0.05) is 31.5 Å².